The molecule has 2 fully saturated rings. The third-order valence-electron chi connectivity index (χ3n) is 4.43. The van der Waals surface area contributed by atoms with Crippen LogP contribution in [0.4, 0.5) is 5.13 Å². The molecule has 0 N–H and O–H groups in total. The highest BCUT2D eigenvalue weighted by atomic mass is 32.1. The normalized spacial score (nSPS) is 26.4. The minimum atomic E-state index is 0.611. The first kappa shape index (κ1) is 12.3. The molecule has 0 unspecified atom stereocenters. The number of fused-ring (bicyclic) bond motifs is 1. The molecule has 2 saturated heterocycles. The number of aryl methyl sites for hydroxylation is 1. The van der Waals surface area contributed by atoms with Gasteiger partial charge in [-0.05, 0) is 12.8 Å². The van der Waals surface area contributed by atoms with Gasteiger partial charge in [-0.25, -0.2) is 0 Å². The molecule has 0 radical (unpaired) electrons. The molecule has 4 rings (SSSR count). The molecule has 4 heterocycles. The first-order chi connectivity index (χ1) is 9.81. The Labute approximate surface area is 122 Å². The predicted octanol–water partition coefficient (Wildman–Crippen LogP) is 1.12. The van der Waals surface area contributed by atoms with Gasteiger partial charge in [0.2, 0.25) is 5.13 Å². The lowest BCUT2D eigenvalue weighted by atomic mass is 10.1. The topological polar surface area (TPSA) is 50.1 Å². The van der Waals surface area contributed by atoms with Crippen molar-refractivity contribution in [3.63, 3.8) is 0 Å². The summed E-state index contributed by atoms with van der Waals surface area (Å²) in [5, 5.41) is 13.6. The van der Waals surface area contributed by atoms with E-state index in [-0.39, 0.29) is 0 Å². The maximum Gasteiger partial charge on any atom is 0.208 e. The Morgan fingerprint density at radius 2 is 2.20 bits per heavy atom. The van der Waals surface area contributed by atoms with Crippen LogP contribution in [-0.4, -0.2) is 50.1 Å². The van der Waals surface area contributed by atoms with E-state index in [2.05, 4.69) is 31.3 Å². The molecule has 2 aromatic heterocycles. The highest BCUT2D eigenvalue weighted by Gasteiger charge is 2.43. The summed E-state index contributed by atoms with van der Waals surface area (Å²) in [5.41, 5.74) is 3.13. The van der Waals surface area contributed by atoms with Crippen molar-refractivity contribution in [1.82, 2.24) is 24.9 Å². The quantitative estimate of drug-likeness (QED) is 0.848. The number of anilines is 1. The van der Waals surface area contributed by atoms with E-state index in [1.54, 1.807) is 11.3 Å². The highest BCUT2D eigenvalue weighted by molar-refractivity contribution is 7.13. The molecule has 7 heteroatoms. The number of hydrogen-bond acceptors (Lipinski definition) is 6. The third-order valence-corrected chi connectivity index (χ3v) is 5.16. The Kier molecular flexibility index (Phi) is 2.96. The Morgan fingerprint density at radius 3 is 2.95 bits per heavy atom. The molecule has 0 amide bonds. The largest absolute Gasteiger partial charge is 0.342 e. The molecule has 0 bridgehead atoms. The van der Waals surface area contributed by atoms with Crippen molar-refractivity contribution >= 4 is 16.5 Å². The lowest BCUT2D eigenvalue weighted by Gasteiger charge is -2.24. The molecule has 2 aliphatic heterocycles. The molecule has 2 aromatic rings. The van der Waals surface area contributed by atoms with Gasteiger partial charge in [0.25, 0.3) is 0 Å². The van der Waals surface area contributed by atoms with Crippen LogP contribution in [0.25, 0.3) is 0 Å². The second-order valence-corrected chi connectivity index (χ2v) is 6.43. The maximum atomic E-state index is 4.26. The minimum absolute atomic E-state index is 0.611. The van der Waals surface area contributed by atoms with Crippen LogP contribution in [0.3, 0.4) is 0 Å². The summed E-state index contributed by atoms with van der Waals surface area (Å²) in [4.78, 5) is 5.05. The van der Waals surface area contributed by atoms with Gasteiger partial charge in [-0.1, -0.05) is 11.3 Å². The van der Waals surface area contributed by atoms with Gasteiger partial charge >= 0.3 is 0 Å². The zero-order valence-electron chi connectivity index (χ0n) is 11.5. The van der Waals surface area contributed by atoms with Crippen LogP contribution in [0.15, 0.2) is 17.9 Å². The van der Waals surface area contributed by atoms with Gasteiger partial charge in [0.1, 0.15) is 5.51 Å². The lowest BCUT2D eigenvalue weighted by molar-refractivity contribution is 0.246. The first-order valence-electron chi connectivity index (χ1n) is 7.05. The summed E-state index contributed by atoms with van der Waals surface area (Å²) in [6.45, 7) is 3.28. The van der Waals surface area contributed by atoms with Gasteiger partial charge in [0.05, 0.1) is 6.20 Å². The third kappa shape index (κ3) is 2.01. The van der Waals surface area contributed by atoms with Crippen molar-refractivity contribution in [2.45, 2.75) is 31.5 Å². The van der Waals surface area contributed by atoms with E-state index in [1.807, 2.05) is 23.4 Å². The minimum Gasteiger partial charge on any atom is -0.342 e. The molecular weight excluding hydrogens is 272 g/mol. The van der Waals surface area contributed by atoms with Gasteiger partial charge < -0.3 is 4.90 Å². The summed E-state index contributed by atoms with van der Waals surface area (Å²) in [5.74, 6) is 0. The summed E-state index contributed by atoms with van der Waals surface area (Å²) in [6, 6.07) is 1.26. The maximum absolute atomic E-state index is 4.26. The number of likely N-dealkylation sites (tertiary alicyclic amines) is 1. The number of aromatic nitrogens is 4. The second kappa shape index (κ2) is 4.82. The van der Waals surface area contributed by atoms with Crippen LogP contribution in [-0.2, 0) is 13.6 Å². The number of hydrogen-bond donors (Lipinski definition) is 0. The molecule has 0 spiro atoms. The van der Waals surface area contributed by atoms with Crippen molar-refractivity contribution in [2.75, 3.05) is 18.0 Å². The van der Waals surface area contributed by atoms with Gasteiger partial charge in [0.15, 0.2) is 0 Å². The molecule has 6 nitrogen and oxygen atoms in total. The summed E-state index contributed by atoms with van der Waals surface area (Å²) < 4.78 is 1.88. The van der Waals surface area contributed by atoms with Crippen molar-refractivity contribution < 1.29 is 0 Å². The average Bonchev–Trinajstić information content (AvgIpc) is 3.16. The zero-order valence-corrected chi connectivity index (χ0v) is 12.3. The van der Waals surface area contributed by atoms with Crippen LogP contribution < -0.4 is 4.90 Å². The smallest absolute Gasteiger partial charge is 0.208 e. The Balaban J connectivity index is 1.48. The van der Waals surface area contributed by atoms with E-state index >= 15 is 0 Å². The van der Waals surface area contributed by atoms with Crippen LogP contribution >= 0.6 is 11.3 Å². The molecule has 106 valence electrons. The van der Waals surface area contributed by atoms with Crippen molar-refractivity contribution in [3.05, 3.63) is 23.5 Å². The van der Waals surface area contributed by atoms with Gasteiger partial charge in [-0.15, -0.1) is 10.2 Å². The average molecular weight is 290 g/mol. The van der Waals surface area contributed by atoms with Crippen LogP contribution in [0.2, 0.25) is 0 Å². The lowest BCUT2D eigenvalue weighted by Crippen LogP contribution is -2.36. The van der Waals surface area contributed by atoms with Gasteiger partial charge in [-0.3, -0.25) is 9.58 Å². The standard InChI is InChI=1S/C13H18N6S/c1-17-7-10(6-15-17)8-18-4-2-12-11(18)3-5-19(12)13-16-14-9-20-13/h6-7,9,11-12H,2-5,8H2,1H3/t11-,12+/m0/s1. The van der Waals surface area contributed by atoms with E-state index in [4.69, 9.17) is 0 Å². The fourth-order valence-electron chi connectivity index (χ4n) is 3.59. The predicted molar refractivity (Wildman–Crippen MR) is 77.7 cm³/mol. The zero-order chi connectivity index (χ0) is 13.5. The summed E-state index contributed by atoms with van der Waals surface area (Å²) in [6.07, 6.45) is 6.55. The van der Waals surface area contributed by atoms with Crippen molar-refractivity contribution in [3.8, 4) is 0 Å². The van der Waals surface area contributed by atoms with Gasteiger partial charge in [0, 0.05) is 50.5 Å². The Hall–Kier alpha value is -1.47. The number of nitrogens with zero attached hydrogens (tertiary/aromatic N) is 6. The van der Waals surface area contributed by atoms with Crippen LogP contribution in [0.5, 0.6) is 0 Å². The Morgan fingerprint density at radius 1 is 1.30 bits per heavy atom. The molecule has 2 aliphatic rings. The number of rotatable bonds is 3. The van der Waals surface area contributed by atoms with Gasteiger partial charge in [-0.2, -0.15) is 5.10 Å². The van der Waals surface area contributed by atoms with E-state index < -0.39 is 0 Å². The molecule has 20 heavy (non-hydrogen) atoms. The van der Waals surface area contributed by atoms with Crippen molar-refractivity contribution in [2.24, 2.45) is 7.05 Å². The molecular formula is C13H18N6S. The van der Waals surface area contributed by atoms with E-state index in [9.17, 15) is 0 Å². The summed E-state index contributed by atoms with van der Waals surface area (Å²) in [7, 11) is 1.98. The SMILES string of the molecule is Cn1cc(CN2CC[C@@H]3[C@@H]2CCN3c2nncs2)cn1. The van der Waals surface area contributed by atoms with Crippen molar-refractivity contribution in [1.29, 1.82) is 0 Å². The Bertz CT molecular complexity index is 579. The second-order valence-electron chi connectivity index (χ2n) is 5.62. The fraction of sp³-hybridized carbons (Fsp3) is 0.615. The first-order valence-corrected chi connectivity index (χ1v) is 7.93. The van der Waals surface area contributed by atoms with E-state index in [0.717, 1.165) is 18.2 Å². The molecule has 0 aromatic carbocycles. The van der Waals surface area contributed by atoms with Crippen LogP contribution in [0.1, 0.15) is 18.4 Å². The monoisotopic (exact) mass is 290 g/mol. The molecule has 2 atom stereocenters. The van der Waals surface area contributed by atoms with E-state index in [0.29, 0.717) is 12.1 Å². The van der Waals surface area contributed by atoms with Crippen LogP contribution in [0, 0.1) is 0 Å². The fourth-order valence-corrected chi connectivity index (χ4v) is 4.23. The highest BCUT2D eigenvalue weighted by Crippen LogP contribution is 2.36. The van der Waals surface area contributed by atoms with E-state index in [1.165, 1.54) is 24.9 Å². The summed E-state index contributed by atoms with van der Waals surface area (Å²) >= 11 is 1.65. The molecule has 0 saturated carbocycles. The molecule has 0 aliphatic carbocycles.